The summed E-state index contributed by atoms with van der Waals surface area (Å²) < 4.78 is 19.3. The van der Waals surface area contributed by atoms with Crippen molar-refractivity contribution in [2.75, 3.05) is 0 Å². The summed E-state index contributed by atoms with van der Waals surface area (Å²) in [5, 5.41) is 2.79. The highest BCUT2D eigenvalue weighted by molar-refractivity contribution is 5.76. The fourth-order valence-electron chi connectivity index (χ4n) is 2.71. The van der Waals surface area contributed by atoms with Crippen LogP contribution in [-0.2, 0) is 17.8 Å². The lowest BCUT2D eigenvalue weighted by molar-refractivity contribution is -0.121. The van der Waals surface area contributed by atoms with Crippen molar-refractivity contribution in [1.29, 1.82) is 0 Å². The summed E-state index contributed by atoms with van der Waals surface area (Å²) in [4.78, 5) is 16.3. The first-order chi connectivity index (χ1) is 12.9. The minimum atomic E-state index is -0.264. The number of amides is 1. The van der Waals surface area contributed by atoms with E-state index < -0.39 is 0 Å². The van der Waals surface area contributed by atoms with Gasteiger partial charge >= 0.3 is 0 Å². The molecule has 140 valence electrons. The van der Waals surface area contributed by atoms with E-state index in [2.05, 4.69) is 30.2 Å². The molecule has 0 aliphatic carbocycles. The van der Waals surface area contributed by atoms with E-state index in [1.54, 1.807) is 19.2 Å². The first-order valence-electron chi connectivity index (χ1n) is 8.96. The Balaban J connectivity index is 1.52. The van der Waals surface area contributed by atoms with Gasteiger partial charge in [0.1, 0.15) is 5.82 Å². The number of hydrogen-bond donors (Lipinski definition) is 1. The van der Waals surface area contributed by atoms with Gasteiger partial charge in [-0.3, -0.25) is 4.79 Å². The maximum Gasteiger partial charge on any atom is 0.220 e. The fourth-order valence-corrected chi connectivity index (χ4v) is 2.71. The second kappa shape index (κ2) is 8.16. The van der Waals surface area contributed by atoms with Crippen molar-refractivity contribution in [3.8, 4) is 11.3 Å². The van der Waals surface area contributed by atoms with Gasteiger partial charge in [-0.1, -0.05) is 24.3 Å². The Hall–Kier alpha value is -2.95. The molecule has 0 bridgehead atoms. The Morgan fingerprint density at radius 1 is 1.07 bits per heavy atom. The molecule has 0 saturated carbocycles. The zero-order valence-electron chi connectivity index (χ0n) is 15.8. The van der Waals surface area contributed by atoms with Gasteiger partial charge in [-0.15, -0.1) is 0 Å². The molecule has 0 fully saturated rings. The Morgan fingerprint density at radius 2 is 1.85 bits per heavy atom. The minimum absolute atomic E-state index is 0.123. The topological polar surface area (TPSA) is 55.1 Å². The van der Waals surface area contributed by atoms with Crippen molar-refractivity contribution >= 4 is 5.91 Å². The van der Waals surface area contributed by atoms with Gasteiger partial charge < -0.3 is 9.73 Å². The number of benzene rings is 2. The normalized spacial score (nSPS) is 10.8. The third-order valence-corrected chi connectivity index (χ3v) is 4.64. The van der Waals surface area contributed by atoms with Crippen molar-refractivity contribution in [1.82, 2.24) is 10.3 Å². The molecule has 1 aromatic heterocycles. The Kier molecular flexibility index (Phi) is 5.69. The zero-order valence-corrected chi connectivity index (χ0v) is 15.8. The maximum atomic E-state index is 13.5. The predicted molar refractivity (Wildman–Crippen MR) is 103 cm³/mol. The van der Waals surface area contributed by atoms with E-state index >= 15 is 0 Å². The van der Waals surface area contributed by atoms with Crippen LogP contribution in [0.25, 0.3) is 11.3 Å². The lowest BCUT2D eigenvalue weighted by Gasteiger charge is -2.06. The van der Waals surface area contributed by atoms with Gasteiger partial charge in [0.2, 0.25) is 5.91 Å². The minimum Gasteiger partial charge on any atom is -0.441 e. The molecule has 0 unspecified atom stereocenters. The molecular weight excluding hydrogens is 343 g/mol. The molecule has 0 saturated heterocycles. The van der Waals surface area contributed by atoms with Crippen LogP contribution in [-0.4, -0.2) is 10.9 Å². The van der Waals surface area contributed by atoms with E-state index in [1.807, 2.05) is 18.2 Å². The van der Waals surface area contributed by atoms with Crippen LogP contribution in [0.15, 0.2) is 47.0 Å². The number of halogens is 1. The molecule has 1 N–H and O–H groups in total. The number of aromatic nitrogens is 1. The van der Waals surface area contributed by atoms with Gasteiger partial charge in [0.05, 0.1) is 6.20 Å². The van der Waals surface area contributed by atoms with Gasteiger partial charge in [0, 0.05) is 24.9 Å². The Morgan fingerprint density at radius 3 is 2.59 bits per heavy atom. The van der Waals surface area contributed by atoms with Crippen LogP contribution in [0.2, 0.25) is 0 Å². The molecule has 3 rings (SSSR count). The highest BCUT2D eigenvalue weighted by Crippen LogP contribution is 2.23. The maximum absolute atomic E-state index is 13.5. The molecule has 0 atom stereocenters. The average Bonchev–Trinajstić information content (AvgIpc) is 3.12. The van der Waals surface area contributed by atoms with Gasteiger partial charge in [0.25, 0.3) is 0 Å². The Labute approximate surface area is 158 Å². The molecule has 2 aromatic carbocycles. The SMILES string of the molecule is Cc1ccc(-c2cnc(CCC(=O)NCc3ccc(C)c(F)c3)o2)cc1C. The van der Waals surface area contributed by atoms with Crippen molar-refractivity contribution in [3.63, 3.8) is 0 Å². The quantitative estimate of drug-likeness (QED) is 0.691. The molecule has 4 nitrogen and oxygen atoms in total. The number of aryl methyl sites for hydroxylation is 4. The Bertz CT molecular complexity index is 963. The van der Waals surface area contributed by atoms with Crippen LogP contribution in [0.5, 0.6) is 0 Å². The largest absolute Gasteiger partial charge is 0.441 e. The van der Waals surface area contributed by atoms with Crippen LogP contribution in [0.4, 0.5) is 4.39 Å². The number of nitrogens with zero attached hydrogens (tertiary/aromatic N) is 1. The molecule has 27 heavy (non-hydrogen) atoms. The van der Waals surface area contributed by atoms with Gasteiger partial charge in [0.15, 0.2) is 11.7 Å². The lowest BCUT2D eigenvalue weighted by Crippen LogP contribution is -2.23. The lowest BCUT2D eigenvalue weighted by atomic mass is 10.1. The third-order valence-electron chi connectivity index (χ3n) is 4.64. The third kappa shape index (κ3) is 4.82. The van der Waals surface area contributed by atoms with E-state index in [0.29, 0.717) is 30.2 Å². The van der Waals surface area contributed by atoms with E-state index in [9.17, 15) is 9.18 Å². The van der Waals surface area contributed by atoms with Crippen molar-refractivity contribution < 1.29 is 13.6 Å². The molecule has 1 heterocycles. The van der Waals surface area contributed by atoms with Gasteiger partial charge in [-0.25, -0.2) is 9.37 Å². The highest BCUT2D eigenvalue weighted by atomic mass is 19.1. The van der Waals surface area contributed by atoms with Gasteiger partial charge in [-0.2, -0.15) is 0 Å². The van der Waals surface area contributed by atoms with Crippen LogP contribution >= 0.6 is 0 Å². The van der Waals surface area contributed by atoms with E-state index in [1.165, 1.54) is 17.2 Å². The number of hydrogen-bond acceptors (Lipinski definition) is 3. The summed E-state index contributed by atoms with van der Waals surface area (Å²) in [5.74, 6) is 0.839. The van der Waals surface area contributed by atoms with E-state index in [4.69, 9.17) is 4.42 Å². The van der Waals surface area contributed by atoms with Crippen LogP contribution in [0.3, 0.4) is 0 Å². The van der Waals surface area contributed by atoms with Crippen LogP contribution < -0.4 is 5.32 Å². The van der Waals surface area contributed by atoms with Crippen LogP contribution in [0, 0.1) is 26.6 Å². The predicted octanol–water partition coefficient (Wildman–Crippen LogP) is 4.65. The average molecular weight is 366 g/mol. The van der Waals surface area contributed by atoms with Crippen molar-refractivity contribution in [2.45, 2.75) is 40.2 Å². The molecule has 5 heteroatoms. The number of carbonyl (C=O) groups excluding carboxylic acids is 1. The highest BCUT2D eigenvalue weighted by Gasteiger charge is 2.10. The molecule has 0 aliphatic rings. The smallest absolute Gasteiger partial charge is 0.220 e. The molecular formula is C22H23FN2O2. The second-order valence-electron chi connectivity index (χ2n) is 6.78. The van der Waals surface area contributed by atoms with Crippen molar-refractivity contribution in [2.24, 2.45) is 0 Å². The summed E-state index contributed by atoms with van der Waals surface area (Å²) in [6, 6.07) is 11.1. The summed E-state index contributed by atoms with van der Waals surface area (Å²) in [5.41, 5.74) is 4.72. The molecule has 0 aliphatic heterocycles. The van der Waals surface area contributed by atoms with Crippen LogP contribution in [0.1, 0.15) is 34.6 Å². The second-order valence-corrected chi connectivity index (χ2v) is 6.78. The zero-order chi connectivity index (χ0) is 19.4. The summed E-state index contributed by atoms with van der Waals surface area (Å²) in [6.07, 6.45) is 2.37. The summed E-state index contributed by atoms with van der Waals surface area (Å²) in [7, 11) is 0. The molecule has 0 spiro atoms. The number of carbonyl (C=O) groups is 1. The molecule has 0 radical (unpaired) electrons. The standard InChI is InChI=1S/C22H23FN2O2/c1-14-5-7-18(10-16(14)3)20-13-25-22(27-20)9-8-21(26)24-12-17-6-4-15(2)19(23)11-17/h4-7,10-11,13H,8-9,12H2,1-3H3,(H,24,26). The molecule has 3 aromatic rings. The first kappa shape index (κ1) is 18.8. The number of nitrogens with one attached hydrogen (secondary N) is 1. The van der Waals surface area contributed by atoms with E-state index in [0.717, 1.165) is 11.1 Å². The summed E-state index contributed by atoms with van der Waals surface area (Å²) in [6.45, 7) is 6.13. The summed E-state index contributed by atoms with van der Waals surface area (Å²) >= 11 is 0. The van der Waals surface area contributed by atoms with Gasteiger partial charge in [-0.05, 0) is 55.2 Å². The monoisotopic (exact) mass is 366 g/mol. The van der Waals surface area contributed by atoms with E-state index in [-0.39, 0.29) is 18.1 Å². The first-order valence-corrected chi connectivity index (χ1v) is 8.96. The van der Waals surface area contributed by atoms with Crippen molar-refractivity contribution in [3.05, 3.63) is 76.6 Å². The fraction of sp³-hybridized carbons (Fsp3) is 0.273. The number of rotatable bonds is 6. The number of oxazole rings is 1. The molecule has 1 amide bonds.